The first-order chi connectivity index (χ1) is 11.4. The van der Waals surface area contributed by atoms with Gasteiger partial charge < -0.3 is 9.47 Å². The van der Waals surface area contributed by atoms with Crippen LogP contribution in [0.4, 0.5) is 0 Å². The molecule has 0 spiro atoms. The fourth-order valence-corrected chi connectivity index (χ4v) is 3.68. The van der Waals surface area contributed by atoms with Crippen molar-refractivity contribution in [1.29, 1.82) is 0 Å². The minimum absolute atomic E-state index is 0.0506. The standard InChI is InChI=1S/C18H23NO4S/c1-13-7-5-6-8-15(13)12-24(20,21)19-11-16-10-17(22-3)14(2)9-18(16)23-4/h5-10,19H,11-12H2,1-4H3. The van der Waals surface area contributed by atoms with E-state index >= 15 is 0 Å². The van der Waals surface area contributed by atoms with Crippen molar-refractivity contribution in [3.8, 4) is 11.5 Å². The molecule has 0 radical (unpaired) electrons. The summed E-state index contributed by atoms with van der Waals surface area (Å²) in [6.07, 6.45) is 0. The Balaban J connectivity index is 2.16. The molecule has 0 fully saturated rings. The highest BCUT2D eigenvalue weighted by molar-refractivity contribution is 7.88. The van der Waals surface area contributed by atoms with Gasteiger partial charge in [0.2, 0.25) is 10.0 Å². The smallest absolute Gasteiger partial charge is 0.216 e. The summed E-state index contributed by atoms with van der Waals surface area (Å²) in [5, 5.41) is 0. The van der Waals surface area contributed by atoms with Crippen LogP contribution in [0.3, 0.4) is 0 Å². The van der Waals surface area contributed by atoms with E-state index in [1.54, 1.807) is 20.3 Å². The molecular weight excluding hydrogens is 326 g/mol. The highest BCUT2D eigenvalue weighted by atomic mass is 32.2. The maximum absolute atomic E-state index is 12.4. The van der Waals surface area contributed by atoms with Crippen LogP contribution in [0.1, 0.15) is 22.3 Å². The summed E-state index contributed by atoms with van der Waals surface area (Å²) in [5.41, 5.74) is 3.41. The Hall–Kier alpha value is -2.05. The van der Waals surface area contributed by atoms with Gasteiger partial charge in [0.1, 0.15) is 11.5 Å². The molecule has 2 rings (SSSR count). The molecule has 5 nitrogen and oxygen atoms in total. The van der Waals surface area contributed by atoms with E-state index in [0.29, 0.717) is 11.5 Å². The van der Waals surface area contributed by atoms with Gasteiger partial charge in [0.15, 0.2) is 0 Å². The van der Waals surface area contributed by atoms with E-state index in [9.17, 15) is 8.42 Å². The second-order valence-electron chi connectivity index (χ2n) is 5.64. The second kappa shape index (κ2) is 7.68. The Morgan fingerprint density at radius 1 is 0.917 bits per heavy atom. The van der Waals surface area contributed by atoms with E-state index in [1.807, 2.05) is 44.2 Å². The molecule has 0 heterocycles. The first-order valence-electron chi connectivity index (χ1n) is 7.59. The van der Waals surface area contributed by atoms with Crippen LogP contribution >= 0.6 is 0 Å². The maximum atomic E-state index is 12.4. The topological polar surface area (TPSA) is 64.6 Å². The predicted octanol–water partition coefficient (Wildman–Crippen LogP) is 2.94. The summed E-state index contributed by atoms with van der Waals surface area (Å²) in [5.74, 6) is 1.28. The van der Waals surface area contributed by atoms with Gasteiger partial charge in [0.05, 0.1) is 20.0 Å². The average molecular weight is 349 g/mol. The number of rotatable bonds is 7. The molecule has 0 bridgehead atoms. The van der Waals surface area contributed by atoms with Crippen molar-refractivity contribution in [1.82, 2.24) is 4.72 Å². The quantitative estimate of drug-likeness (QED) is 0.835. The third-order valence-electron chi connectivity index (χ3n) is 3.89. The van der Waals surface area contributed by atoms with Crippen molar-refractivity contribution in [3.05, 3.63) is 58.7 Å². The van der Waals surface area contributed by atoms with Crippen LogP contribution in [0.2, 0.25) is 0 Å². The van der Waals surface area contributed by atoms with Crippen LogP contribution in [0, 0.1) is 13.8 Å². The van der Waals surface area contributed by atoms with E-state index in [1.165, 1.54) is 0 Å². The Labute approximate surface area is 143 Å². The lowest BCUT2D eigenvalue weighted by atomic mass is 10.1. The molecule has 0 saturated heterocycles. The maximum Gasteiger partial charge on any atom is 0.216 e. The Morgan fingerprint density at radius 3 is 2.21 bits per heavy atom. The molecule has 0 saturated carbocycles. The Bertz CT molecular complexity index is 816. The molecule has 130 valence electrons. The van der Waals surface area contributed by atoms with Crippen molar-refractivity contribution in [2.24, 2.45) is 0 Å². The zero-order valence-corrected chi connectivity index (χ0v) is 15.2. The second-order valence-corrected chi connectivity index (χ2v) is 7.45. The molecule has 0 aliphatic carbocycles. The first kappa shape index (κ1) is 18.3. The molecule has 0 aromatic heterocycles. The summed E-state index contributed by atoms with van der Waals surface area (Å²) in [4.78, 5) is 0. The molecule has 0 aliphatic heterocycles. The lowest BCUT2D eigenvalue weighted by molar-refractivity contribution is 0.396. The van der Waals surface area contributed by atoms with Gasteiger partial charge >= 0.3 is 0 Å². The number of nitrogens with one attached hydrogen (secondary N) is 1. The minimum Gasteiger partial charge on any atom is -0.496 e. The highest BCUT2D eigenvalue weighted by Crippen LogP contribution is 2.28. The van der Waals surface area contributed by atoms with Gasteiger partial charge in [-0.15, -0.1) is 0 Å². The fourth-order valence-electron chi connectivity index (χ4n) is 2.47. The van der Waals surface area contributed by atoms with Gasteiger partial charge in [0, 0.05) is 12.1 Å². The van der Waals surface area contributed by atoms with Gasteiger partial charge in [-0.05, 0) is 42.7 Å². The highest BCUT2D eigenvalue weighted by Gasteiger charge is 2.15. The molecule has 0 atom stereocenters. The van der Waals surface area contributed by atoms with Gasteiger partial charge in [0.25, 0.3) is 0 Å². The molecule has 2 aromatic rings. The summed E-state index contributed by atoms with van der Waals surface area (Å²) >= 11 is 0. The van der Waals surface area contributed by atoms with Crippen LogP contribution < -0.4 is 14.2 Å². The number of hydrogen-bond acceptors (Lipinski definition) is 4. The average Bonchev–Trinajstić information content (AvgIpc) is 2.55. The van der Waals surface area contributed by atoms with Gasteiger partial charge in [-0.1, -0.05) is 24.3 Å². The summed E-state index contributed by atoms with van der Waals surface area (Å²) in [7, 11) is -0.310. The number of methoxy groups -OCH3 is 2. The van der Waals surface area contributed by atoms with E-state index in [0.717, 1.165) is 22.3 Å². The minimum atomic E-state index is -3.46. The lowest BCUT2D eigenvalue weighted by Gasteiger charge is -2.14. The number of sulfonamides is 1. The summed E-state index contributed by atoms with van der Waals surface area (Å²) in [6, 6.07) is 11.1. The molecule has 24 heavy (non-hydrogen) atoms. The van der Waals surface area contributed by atoms with Crippen molar-refractivity contribution in [2.75, 3.05) is 14.2 Å². The summed E-state index contributed by atoms with van der Waals surface area (Å²) < 4.78 is 38.0. The van der Waals surface area contributed by atoms with Gasteiger partial charge in [-0.2, -0.15) is 0 Å². The third-order valence-corrected chi connectivity index (χ3v) is 5.16. The third kappa shape index (κ3) is 4.49. The summed E-state index contributed by atoms with van der Waals surface area (Å²) in [6.45, 7) is 3.96. The largest absolute Gasteiger partial charge is 0.496 e. The zero-order chi connectivity index (χ0) is 17.7. The van der Waals surface area contributed by atoms with Crippen molar-refractivity contribution >= 4 is 10.0 Å². The van der Waals surface area contributed by atoms with E-state index in [4.69, 9.17) is 9.47 Å². The number of aryl methyl sites for hydroxylation is 2. The molecule has 6 heteroatoms. The number of ether oxygens (including phenoxy) is 2. The number of benzene rings is 2. The van der Waals surface area contributed by atoms with Crippen molar-refractivity contribution in [2.45, 2.75) is 26.1 Å². The van der Waals surface area contributed by atoms with Crippen LogP contribution in [-0.4, -0.2) is 22.6 Å². The van der Waals surface area contributed by atoms with E-state index in [2.05, 4.69) is 4.72 Å². The lowest BCUT2D eigenvalue weighted by Crippen LogP contribution is -2.25. The predicted molar refractivity (Wildman–Crippen MR) is 94.9 cm³/mol. The Morgan fingerprint density at radius 2 is 1.58 bits per heavy atom. The molecular formula is C18H23NO4S. The molecule has 1 N–H and O–H groups in total. The normalized spacial score (nSPS) is 11.3. The SMILES string of the molecule is COc1cc(CNS(=O)(=O)Cc2ccccc2C)c(OC)cc1C. The van der Waals surface area contributed by atoms with Crippen LogP contribution in [0.15, 0.2) is 36.4 Å². The Kier molecular flexibility index (Phi) is 5.85. The first-order valence-corrected chi connectivity index (χ1v) is 9.25. The van der Waals surface area contributed by atoms with Crippen LogP contribution in [0.25, 0.3) is 0 Å². The fraction of sp³-hybridized carbons (Fsp3) is 0.333. The number of hydrogen-bond donors (Lipinski definition) is 1. The van der Waals surface area contributed by atoms with Crippen molar-refractivity contribution in [3.63, 3.8) is 0 Å². The van der Waals surface area contributed by atoms with Gasteiger partial charge in [-0.25, -0.2) is 13.1 Å². The van der Waals surface area contributed by atoms with Crippen LogP contribution in [0.5, 0.6) is 11.5 Å². The van der Waals surface area contributed by atoms with Gasteiger partial charge in [-0.3, -0.25) is 0 Å². The molecule has 0 amide bonds. The van der Waals surface area contributed by atoms with E-state index in [-0.39, 0.29) is 12.3 Å². The zero-order valence-electron chi connectivity index (χ0n) is 14.4. The van der Waals surface area contributed by atoms with Crippen LogP contribution in [-0.2, 0) is 22.3 Å². The van der Waals surface area contributed by atoms with E-state index < -0.39 is 10.0 Å². The van der Waals surface area contributed by atoms with Crippen molar-refractivity contribution < 1.29 is 17.9 Å². The monoisotopic (exact) mass is 349 g/mol. The molecule has 2 aromatic carbocycles. The molecule has 0 aliphatic rings. The molecule has 0 unspecified atom stereocenters.